The highest BCUT2D eigenvalue weighted by Crippen LogP contribution is 2.42. The largest absolute Gasteiger partial charge is 0.460 e. The molecule has 2 N–H and O–H groups in total. The van der Waals surface area contributed by atoms with Gasteiger partial charge in [0, 0.05) is 25.1 Å². The lowest BCUT2D eigenvalue weighted by Gasteiger charge is -2.44. The number of benzene rings is 1. The fraction of sp³-hybridized carbons (Fsp3) is 0.375. The van der Waals surface area contributed by atoms with Crippen LogP contribution in [0.1, 0.15) is 38.2 Å². The first-order valence-electron chi connectivity index (χ1n) is 11.3. The summed E-state index contributed by atoms with van der Waals surface area (Å²) >= 11 is 5.85. The zero-order chi connectivity index (χ0) is 24.2. The summed E-state index contributed by atoms with van der Waals surface area (Å²) in [6.07, 6.45) is 8.21. The van der Waals surface area contributed by atoms with Gasteiger partial charge in [0.25, 0.3) is 0 Å². The van der Waals surface area contributed by atoms with Gasteiger partial charge in [0.05, 0.1) is 15.3 Å². The van der Waals surface area contributed by atoms with Gasteiger partial charge in [0.15, 0.2) is 0 Å². The number of fused-ring (bicyclic) bond motifs is 1. The third kappa shape index (κ3) is 4.84. The molecular weight excluding hydrogens is 472 g/mol. The summed E-state index contributed by atoms with van der Waals surface area (Å²) in [6.45, 7) is 2.16. The number of rotatable bonds is 8. The number of thiocarbonyl (C=S) groups is 1. The van der Waals surface area contributed by atoms with Crippen molar-refractivity contribution >= 4 is 38.8 Å². The van der Waals surface area contributed by atoms with Crippen LogP contribution in [0.5, 0.6) is 0 Å². The number of sulfonamides is 1. The fourth-order valence-electron chi connectivity index (χ4n) is 4.56. The summed E-state index contributed by atoms with van der Waals surface area (Å²) in [6, 6.07) is 11.8. The molecule has 2 unspecified atom stereocenters. The van der Waals surface area contributed by atoms with Gasteiger partial charge in [-0.05, 0) is 49.9 Å². The maximum Gasteiger partial charge on any atom is 0.321 e. The van der Waals surface area contributed by atoms with Crippen molar-refractivity contribution in [1.82, 2.24) is 19.4 Å². The molecule has 4 rings (SSSR count). The highest BCUT2D eigenvalue weighted by atomic mass is 32.2. The molecule has 1 saturated carbocycles. The summed E-state index contributed by atoms with van der Waals surface area (Å²) < 4.78 is 35.2. The lowest BCUT2D eigenvalue weighted by Crippen LogP contribution is -2.55. The number of hydrogen-bond donors (Lipinski definition) is 2. The van der Waals surface area contributed by atoms with Crippen molar-refractivity contribution in [1.29, 1.82) is 0 Å². The quantitative estimate of drug-likeness (QED) is 0.362. The Balaban J connectivity index is 1.59. The molecule has 2 atom stereocenters. The maximum atomic E-state index is 12.8. The molecule has 3 aromatic rings. The van der Waals surface area contributed by atoms with Crippen LogP contribution >= 0.6 is 12.2 Å². The average Bonchev–Trinajstić information content (AvgIpc) is 3.32. The van der Waals surface area contributed by atoms with Gasteiger partial charge in [-0.15, -0.1) is 0 Å². The number of nitrogens with one attached hydrogen (secondary N) is 2. The van der Waals surface area contributed by atoms with E-state index < -0.39 is 34.1 Å². The van der Waals surface area contributed by atoms with E-state index in [0.717, 1.165) is 24.1 Å². The Labute approximate surface area is 204 Å². The second-order valence-corrected chi connectivity index (χ2v) is 10.5. The number of imidazole rings is 1. The summed E-state index contributed by atoms with van der Waals surface area (Å²) in [5.41, 5.74) is 1.04. The van der Waals surface area contributed by atoms with Crippen LogP contribution in [0.3, 0.4) is 0 Å². The zero-order valence-corrected chi connectivity index (χ0v) is 20.6. The highest BCUT2D eigenvalue weighted by molar-refractivity contribution is 7.89. The van der Waals surface area contributed by atoms with Crippen LogP contribution in [-0.4, -0.2) is 48.0 Å². The van der Waals surface area contributed by atoms with Crippen molar-refractivity contribution in [3.05, 3.63) is 66.6 Å². The van der Waals surface area contributed by atoms with Crippen LogP contribution in [0.25, 0.3) is 5.65 Å². The molecule has 0 bridgehead atoms. The number of pyridine rings is 1. The number of carbonyl (C=O) groups is 1. The number of likely N-dealkylation sites (N-methyl/N-ethyl adjacent to an activating group) is 1. The van der Waals surface area contributed by atoms with Gasteiger partial charge >= 0.3 is 5.97 Å². The first kappa shape index (κ1) is 24.3. The van der Waals surface area contributed by atoms with Crippen molar-refractivity contribution < 1.29 is 17.9 Å². The first-order chi connectivity index (χ1) is 16.4. The topological polar surface area (TPSA) is 102 Å². The number of nitrogens with zero attached hydrogens (tertiary/aromatic N) is 2. The van der Waals surface area contributed by atoms with E-state index in [0.29, 0.717) is 24.4 Å². The van der Waals surface area contributed by atoms with Crippen molar-refractivity contribution in [2.24, 2.45) is 0 Å². The van der Waals surface area contributed by atoms with E-state index in [1.165, 1.54) is 12.1 Å². The molecule has 1 aliphatic rings. The SMILES string of the molecule is CCNC(=S)C1(c2ccc3nccn3c2)CCCCC1OC(=O)CNS(=O)(=O)c1ccccc1. The van der Waals surface area contributed by atoms with Crippen LogP contribution in [0, 0.1) is 0 Å². The van der Waals surface area contributed by atoms with E-state index in [9.17, 15) is 13.2 Å². The Morgan fingerprint density at radius 1 is 1.24 bits per heavy atom. The van der Waals surface area contributed by atoms with Gasteiger partial charge in [-0.25, -0.2) is 13.4 Å². The smallest absolute Gasteiger partial charge is 0.321 e. The molecule has 2 aromatic heterocycles. The summed E-state index contributed by atoms with van der Waals surface area (Å²) in [5.74, 6) is -0.640. The van der Waals surface area contributed by atoms with Crippen molar-refractivity contribution in [3.63, 3.8) is 0 Å². The molecule has 2 heterocycles. The Hall–Kier alpha value is -2.82. The third-order valence-electron chi connectivity index (χ3n) is 6.22. The third-order valence-corrected chi connectivity index (χ3v) is 8.14. The molecule has 0 aliphatic heterocycles. The van der Waals surface area contributed by atoms with Gasteiger partial charge in [0.2, 0.25) is 10.0 Å². The molecule has 0 amide bonds. The highest BCUT2D eigenvalue weighted by Gasteiger charge is 2.48. The molecule has 0 radical (unpaired) electrons. The number of esters is 1. The Bertz CT molecular complexity index is 1280. The van der Waals surface area contributed by atoms with Crippen molar-refractivity contribution in [2.75, 3.05) is 13.1 Å². The van der Waals surface area contributed by atoms with E-state index in [4.69, 9.17) is 17.0 Å². The monoisotopic (exact) mass is 500 g/mol. The summed E-state index contributed by atoms with van der Waals surface area (Å²) in [4.78, 5) is 17.9. The molecule has 180 valence electrons. The lowest BCUT2D eigenvalue weighted by molar-refractivity contribution is -0.151. The van der Waals surface area contributed by atoms with E-state index in [-0.39, 0.29) is 4.90 Å². The van der Waals surface area contributed by atoms with Crippen LogP contribution < -0.4 is 10.0 Å². The molecule has 10 heteroatoms. The normalized spacial score (nSPS) is 20.7. The van der Waals surface area contributed by atoms with Gasteiger partial charge < -0.3 is 14.5 Å². The summed E-state index contributed by atoms with van der Waals surface area (Å²) in [5, 5.41) is 3.28. The van der Waals surface area contributed by atoms with Crippen LogP contribution in [0.4, 0.5) is 0 Å². The van der Waals surface area contributed by atoms with Gasteiger partial charge in [-0.3, -0.25) is 4.79 Å². The second-order valence-electron chi connectivity index (χ2n) is 8.30. The molecule has 1 aromatic carbocycles. The van der Waals surface area contributed by atoms with E-state index in [1.54, 1.807) is 24.4 Å². The van der Waals surface area contributed by atoms with Crippen molar-refractivity contribution in [3.8, 4) is 0 Å². The molecule has 0 spiro atoms. The number of ether oxygens (including phenoxy) is 1. The predicted octanol–water partition coefficient (Wildman–Crippen LogP) is 2.97. The van der Waals surface area contributed by atoms with Gasteiger partial charge in [-0.2, -0.15) is 4.72 Å². The molecule has 0 saturated heterocycles. The fourth-order valence-corrected chi connectivity index (χ4v) is 6.05. The minimum absolute atomic E-state index is 0.0942. The van der Waals surface area contributed by atoms with E-state index in [1.807, 2.05) is 35.9 Å². The number of hydrogen-bond acceptors (Lipinski definition) is 6. The molecule has 1 aliphatic carbocycles. The Morgan fingerprint density at radius 3 is 2.79 bits per heavy atom. The molecule has 1 fully saturated rings. The second kappa shape index (κ2) is 10.2. The minimum Gasteiger partial charge on any atom is -0.460 e. The van der Waals surface area contributed by atoms with E-state index >= 15 is 0 Å². The molecule has 34 heavy (non-hydrogen) atoms. The van der Waals surface area contributed by atoms with Crippen LogP contribution in [0.15, 0.2) is 66.0 Å². The minimum atomic E-state index is -3.82. The number of aromatic nitrogens is 2. The van der Waals surface area contributed by atoms with Gasteiger partial charge in [0.1, 0.15) is 18.3 Å². The van der Waals surface area contributed by atoms with Crippen molar-refractivity contribution in [2.45, 2.75) is 49.0 Å². The zero-order valence-electron chi connectivity index (χ0n) is 18.9. The van der Waals surface area contributed by atoms with Crippen LogP contribution in [-0.2, 0) is 25.0 Å². The van der Waals surface area contributed by atoms with Gasteiger partial charge in [-0.1, -0.05) is 42.9 Å². The van der Waals surface area contributed by atoms with Crippen LogP contribution in [0.2, 0.25) is 0 Å². The average molecular weight is 501 g/mol. The first-order valence-corrected chi connectivity index (χ1v) is 13.2. The standard InChI is InChI=1S/C24H28N4O4S2/c1-2-25-23(33)24(18-11-12-21-26-14-15-28(21)17-18)13-7-6-10-20(24)32-22(29)16-27-34(30,31)19-8-4-3-5-9-19/h3-5,8-9,11-12,14-15,17,20,27H,2,6-7,10,13,16H2,1H3,(H,25,33). The summed E-state index contributed by atoms with van der Waals surface area (Å²) in [7, 11) is -3.82. The number of carbonyl (C=O) groups excluding carboxylic acids is 1. The lowest BCUT2D eigenvalue weighted by atomic mass is 9.67. The maximum absolute atomic E-state index is 12.8. The predicted molar refractivity (Wildman–Crippen MR) is 133 cm³/mol. The Kier molecular flexibility index (Phi) is 7.30. The van der Waals surface area contributed by atoms with E-state index in [2.05, 4.69) is 15.0 Å². The Morgan fingerprint density at radius 2 is 2.03 bits per heavy atom. The molecular formula is C24H28N4O4S2. The molecule has 8 nitrogen and oxygen atoms in total.